The van der Waals surface area contributed by atoms with E-state index in [1.54, 1.807) is 7.11 Å². The Morgan fingerprint density at radius 1 is 1.32 bits per heavy atom. The van der Waals surface area contributed by atoms with Crippen molar-refractivity contribution in [3.63, 3.8) is 0 Å². The summed E-state index contributed by atoms with van der Waals surface area (Å²) < 4.78 is 36.0. The van der Waals surface area contributed by atoms with E-state index in [2.05, 4.69) is 10.2 Å². The normalized spacial score (nSPS) is 12.2. The predicted molar refractivity (Wildman–Crippen MR) is 70.1 cm³/mol. The minimum absolute atomic E-state index is 0.0129. The van der Waals surface area contributed by atoms with Gasteiger partial charge in [0.15, 0.2) is 0 Å². The van der Waals surface area contributed by atoms with Crippen molar-refractivity contribution in [3.8, 4) is 0 Å². The van der Waals surface area contributed by atoms with E-state index < -0.39 is 10.0 Å². The highest BCUT2D eigenvalue weighted by Gasteiger charge is 2.27. The van der Waals surface area contributed by atoms with Crippen LogP contribution in [0.25, 0.3) is 0 Å². The lowest BCUT2D eigenvalue weighted by Crippen LogP contribution is -2.35. The van der Waals surface area contributed by atoms with Gasteiger partial charge in [-0.15, -0.1) is 0 Å². The molecule has 0 aromatic carbocycles. The molecule has 3 N–H and O–H groups in total. The molecule has 0 saturated carbocycles. The number of anilines is 1. The largest absolute Gasteiger partial charge is 0.385 e. The van der Waals surface area contributed by atoms with Crippen LogP contribution in [0.3, 0.4) is 0 Å². The smallest absolute Gasteiger partial charge is 0.248 e. The Morgan fingerprint density at radius 2 is 2.00 bits per heavy atom. The van der Waals surface area contributed by atoms with Gasteiger partial charge in [-0.05, 0) is 6.42 Å². The first kappa shape index (κ1) is 15.9. The van der Waals surface area contributed by atoms with Gasteiger partial charge in [-0.2, -0.15) is 9.40 Å². The average Bonchev–Trinajstić information content (AvgIpc) is 2.80. The molecule has 0 atom stereocenters. The van der Waals surface area contributed by atoms with E-state index in [1.165, 1.54) is 17.6 Å². The lowest BCUT2D eigenvalue weighted by Gasteiger charge is -2.21. The Labute approximate surface area is 112 Å². The molecule has 1 aromatic heterocycles. The standard InChI is InChI=1S/C10H20N4O4S/c1-17-6-3-4-14(5-7-18-2)19(15,16)9-8-12-13-10(9)11/h8H,3-7H2,1-2H3,(H3,11,12,13). The summed E-state index contributed by atoms with van der Waals surface area (Å²) in [5.74, 6) is 0.0363. The third-order valence-electron chi connectivity index (χ3n) is 2.55. The van der Waals surface area contributed by atoms with Gasteiger partial charge in [0.1, 0.15) is 10.7 Å². The van der Waals surface area contributed by atoms with Gasteiger partial charge >= 0.3 is 0 Å². The number of rotatable bonds is 9. The van der Waals surface area contributed by atoms with Gasteiger partial charge in [0.2, 0.25) is 10.0 Å². The van der Waals surface area contributed by atoms with Crippen LogP contribution in [0.1, 0.15) is 6.42 Å². The number of sulfonamides is 1. The first-order chi connectivity index (χ1) is 9.04. The summed E-state index contributed by atoms with van der Waals surface area (Å²) in [7, 11) is -0.571. The van der Waals surface area contributed by atoms with Crippen LogP contribution in [-0.2, 0) is 19.5 Å². The second kappa shape index (κ2) is 7.43. The van der Waals surface area contributed by atoms with E-state index in [0.717, 1.165) is 0 Å². The number of aromatic amines is 1. The molecule has 0 aliphatic heterocycles. The van der Waals surface area contributed by atoms with Gasteiger partial charge in [0.05, 0.1) is 12.8 Å². The molecule has 110 valence electrons. The van der Waals surface area contributed by atoms with E-state index in [-0.39, 0.29) is 17.3 Å². The van der Waals surface area contributed by atoms with Crippen molar-refractivity contribution >= 4 is 15.8 Å². The maximum absolute atomic E-state index is 12.4. The molecule has 0 aliphatic carbocycles. The van der Waals surface area contributed by atoms with Gasteiger partial charge < -0.3 is 15.2 Å². The van der Waals surface area contributed by atoms with Crippen LogP contribution in [0.15, 0.2) is 11.1 Å². The van der Waals surface area contributed by atoms with Gasteiger partial charge in [-0.3, -0.25) is 5.10 Å². The maximum atomic E-state index is 12.4. The number of hydrogen-bond donors (Lipinski definition) is 2. The van der Waals surface area contributed by atoms with E-state index in [1.807, 2.05) is 0 Å². The number of ether oxygens (including phenoxy) is 2. The molecule has 0 amide bonds. The fourth-order valence-electron chi connectivity index (χ4n) is 1.56. The Hall–Kier alpha value is -1.16. The van der Waals surface area contributed by atoms with Crippen molar-refractivity contribution in [1.29, 1.82) is 0 Å². The fourth-order valence-corrected chi connectivity index (χ4v) is 3.03. The molecule has 0 radical (unpaired) electrons. The Kier molecular flexibility index (Phi) is 6.22. The molecule has 9 heteroatoms. The summed E-state index contributed by atoms with van der Waals surface area (Å²) in [5.41, 5.74) is 5.57. The third kappa shape index (κ3) is 4.16. The molecule has 0 unspecified atom stereocenters. The minimum Gasteiger partial charge on any atom is -0.385 e. The number of hydrogen-bond acceptors (Lipinski definition) is 6. The molecular weight excluding hydrogens is 272 g/mol. The fraction of sp³-hybridized carbons (Fsp3) is 0.700. The summed E-state index contributed by atoms with van der Waals surface area (Å²) in [5, 5.41) is 6.05. The highest BCUT2D eigenvalue weighted by Crippen LogP contribution is 2.19. The van der Waals surface area contributed by atoms with Crippen LogP contribution in [0.4, 0.5) is 5.82 Å². The van der Waals surface area contributed by atoms with Gasteiger partial charge in [0, 0.05) is 33.9 Å². The number of aromatic nitrogens is 2. The van der Waals surface area contributed by atoms with Crippen LogP contribution in [-0.4, -0.2) is 63.4 Å². The molecule has 8 nitrogen and oxygen atoms in total. The lowest BCUT2D eigenvalue weighted by molar-refractivity contribution is 0.164. The summed E-state index contributed by atoms with van der Waals surface area (Å²) in [6.45, 7) is 1.39. The van der Waals surface area contributed by atoms with Crippen LogP contribution >= 0.6 is 0 Å². The zero-order valence-corrected chi connectivity index (χ0v) is 11.9. The second-order valence-electron chi connectivity index (χ2n) is 3.89. The van der Waals surface area contributed by atoms with Crippen LogP contribution in [0.5, 0.6) is 0 Å². The van der Waals surface area contributed by atoms with Gasteiger partial charge in [0.25, 0.3) is 0 Å². The van der Waals surface area contributed by atoms with E-state index in [9.17, 15) is 8.42 Å². The predicted octanol–water partition coefficient (Wildman–Crippen LogP) is -0.334. The minimum atomic E-state index is -3.66. The quantitative estimate of drug-likeness (QED) is 0.603. The first-order valence-electron chi connectivity index (χ1n) is 5.81. The van der Waals surface area contributed by atoms with Gasteiger partial charge in [-0.25, -0.2) is 8.42 Å². The van der Waals surface area contributed by atoms with Crippen molar-refractivity contribution < 1.29 is 17.9 Å². The molecule has 0 fully saturated rings. The highest BCUT2D eigenvalue weighted by molar-refractivity contribution is 7.89. The number of methoxy groups -OCH3 is 2. The molecular formula is C10H20N4O4S. The van der Waals surface area contributed by atoms with E-state index in [0.29, 0.717) is 26.2 Å². The molecule has 1 rings (SSSR count). The molecule has 0 saturated heterocycles. The SMILES string of the molecule is COCCCN(CCOC)S(=O)(=O)c1cn[nH]c1N. The summed E-state index contributed by atoms with van der Waals surface area (Å²) in [4.78, 5) is -0.0129. The zero-order valence-electron chi connectivity index (χ0n) is 11.1. The van der Waals surface area contributed by atoms with Crippen LogP contribution < -0.4 is 5.73 Å². The van der Waals surface area contributed by atoms with E-state index in [4.69, 9.17) is 15.2 Å². The molecule has 19 heavy (non-hydrogen) atoms. The van der Waals surface area contributed by atoms with Crippen molar-refractivity contribution in [1.82, 2.24) is 14.5 Å². The maximum Gasteiger partial charge on any atom is 0.248 e. The topological polar surface area (TPSA) is 111 Å². The van der Waals surface area contributed by atoms with Crippen molar-refractivity contribution in [2.75, 3.05) is 46.3 Å². The third-order valence-corrected chi connectivity index (χ3v) is 4.48. The number of nitrogens with two attached hydrogens (primary N) is 1. The Morgan fingerprint density at radius 3 is 2.53 bits per heavy atom. The number of nitrogens with zero attached hydrogens (tertiary/aromatic N) is 2. The molecule has 1 heterocycles. The Balaban J connectivity index is 2.85. The lowest BCUT2D eigenvalue weighted by atomic mass is 10.4. The average molecular weight is 292 g/mol. The van der Waals surface area contributed by atoms with Crippen LogP contribution in [0, 0.1) is 0 Å². The zero-order chi connectivity index (χ0) is 14.3. The summed E-state index contributed by atoms with van der Waals surface area (Å²) >= 11 is 0. The van der Waals surface area contributed by atoms with Gasteiger partial charge in [-0.1, -0.05) is 0 Å². The number of H-pyrrole nitrogens is 1. The molecule has 0 bridgehead atoms. The second-order valence-corrected chi connectivity index (χ2v) is 5.80. The van der Waals surface area contributed by atoms with E-state index >= 15 is 0 Å². The van der Waals surface area contributed by atoms with Crippen molar-refractivity contribution in [3.05, 3.63) is 6.20 Å². The highest BCUT2D eigenvalue weighted by atomic mass is 32.2. The summed E-state index contributed by atoms with van der Waals surface area (Å²) in [6.07, 6.45) is 1.80. The van der Waals surface area contributed by atoms with Crippen molar-refractivity contribution in [2.24, 2.45) is 0 Å². The number of nitrogens with one attached hydrogen (secondary N) is 1. The molecule has 0 aliphatic rings. The molecule has 0 spiro atoms. The molecule has 1 aromatic rings. The Bertz CT molecular complexity index is 474. The van der Waals surface area contributed by atoms with Crippen LogP contribution in [0.2, 0.25) is 0 Å². The van der Waals surface area contributed by atoms with Crippen molar-refractivity contribution in [2.45, 2.75) is 11.3 Å². The summed E-state index contributed by atoms with van der Waals surface area (Å²) in [6, 6.07) is 0. The number of nitrogen functional groups attached to an aromatic ring is 1. The first-order valence-corrected chi connectivity index (χ1v) is 7.25. The monoisotopic (exact) mass is 292 g/mol.